The molecule has 0 aliphatic carbocycles. The molecule has 0 saturated carbocycles. The molecule has 0 radical (unpaired) electrons. The van der Waals surface area contributed by atoms with Gasteiger partial charge in [-0.3, -0.25) is 0 Å². The quantitative estimate of drug-likeness (QED) is 0.101. The van der Waals surface area contributed by atoms with Crippen molar-refractivity contribution in [3.05, 3.63) is 303 Å². The monoisotopic (exact) mass is 1160 g/mol. The fraction of sp³-hybridized carbons (Fsp3) is 0.0244. The summed E-state index contributed by atoms with van der Waals surface area (Å²) in [5.41, 5.74) is 15.3. The maximum atomic E-state index is 18.4. The van der Waals surface area contributed by atoms with E-state index in [1.54, 1.807) is 0 Å². The summed E-state index contributed by atoms with van der Waals surface area (Å²) in [6.07, 6.45) is 0. The lowest BCUT2D eigenvalue weighted by molar-refractivity contribution is 0.631. The summed E-state index contributed by atoms with van der Waals surface area (Å²) in [6.45, 7) is 4.87. The molecule has 14 aromatic carbocycles. The fourth-order valence-electron chi connectivity index (χ4n) is 14.1. The third kappa shape index (κ3) is 8.37. The first-order valence-electron chi connectivity index (χ1n) is 30.2. The van der Waals surface area contributed by atoms with Gasteiger partial charge in [-0.15, -0.1) is 0 Å². The largest absolute Gasteiger partial charge is 0.454 e. The van der Waals surface area contributed by atoms with E-state index < -0.39 is 8.07 Å². The highest BCUT2D eigenvalue weighted by molar-refractivity contribution is 7.03. The van der Waals surface area contributed by atoms with Crippen molar-refractivity contribution in [1.29, 1.82) is 0 Å². The van der Waals surface area contributed by atoms with Crippen LogP contribution in [0.25, 0.3) is 121 Å². The Morgan fingerprint density at radius 3 is 1.26 bits per heavy atom. The smallest absolute Gasteiger partial charge is 0.159 e. The maximum Gasteiger partial charge on any atom is 0.159 e. The molecule has 0 bridgehead atoms. The Kier molecular flexibility index (Phi) is 12.0. The Bertz CT molecular complexity index is 5510. The zero-order chi connectivity index (χ0) is 59.5. The molecular formula is C82H54F2N2O2Si. The molecule has 0 fully saturated rings. The minimum absolute atomic E-state index is 0.338. The summed E-state index contributed by atoms with van der Waals surface area (Å²) >= 11 is 0. The molecule has 2 aromatic heterocycles. The maximum absolute atomic E-state index is 18.4. The minimum atomic E-state index is -2.64. The second kappa shape index (κ2) is 20.5. The lowest BCUT2D eigenvalue weighted by Crippen LogP contribution is -2.56. The summed E-state index contributed by atoms with van der Waals surface area (Å²) in [5.74, 6) is -0.684. The van der Waals surface area contributed by atoms with E-state index in [0.717, 1.165) is 116 Å². The van der Waals surface area contributed by atoms with Crippen molar-refractivity contribution in [2.75, 3.05) is 9.80 Å². The number of hydrogen-bond acceptors (Lipinski definition) is 4. The van der Waals surface area contributed by atoms with Crippen LogP contribution in [0.4, 0.5) is 42.9 Å². The molecule has 3 heterocycles. The first-order valence-corrected chi connectivity index (χ1v) is 33.2. The third-order valence-corrected chi connectivity index (χ3v) is 21.9. The van der Waals surface area contributed by atoms with E-state index in [-0.39, 0.29) is 11.6 Å². The van der Waals surface area contributed by atoms with Gasteiger partial charge in [-0.2, -0.15) is 0 Å². The van der Waals surface area contributed by atoms with Crippen LogP contribution in [0.5, 0.6) is 0 Å². The standard InChI is InChI=1S/C82H54F2N2O2Si/c1-89(2)76-39-21-32-63-66-49-58(85(70-35-19-33-64-60-30-15-17-37-74(60)87-81(64)70)72-47-56(51-22-7-3-8-23-51)45-67(79(72)83)53-26-11-5-12-27-53)41-40-55(66)44-69(78(63)76)62-43-42-59(50-77(62)89)86(71-36-20-34-65-61-31-16-18-38-75(61)88-82(65)71)73-48-57(52-24-9-4-10-25-52)46-68(80(73)84)54-28-13-6-14-29-54/h3-50H,1-2H3. The Labute approximate surface area is 514 Å². The number of halogens is 2. The molecule has 0 atom stereocenters. The topological polar surface area (TPSA) is 32.8 Å². The number of benzene rings is 14. The zero-order valence-electron chi connectivity index (χ0n) is 48.7. The highest BCUT2D eigenvalue weighted by atomic mass is 28.3. The number of furan rings is 2. The van der Waals surface area contributed by atoms with E-state index in [4.69, 9.17) is 8.83 Å². The van der Waals surface area contributed by atoms with Gasteiger partial charge in [0.2, 0.25) is 0 Å². The Morgan fingerprint density at radius 2 is 0.730 bits per heavy atom. The molecule has 1 aliphatic heterocycles. The molecule has 0 unspecified atom stereocenters. The first-order chi connectivity index (χ1) is 43.7. The number of fused-ring (bicyclic) bond motifs is 10. The number of rotatable bonds is 10. The van der Waals surface area contributed by atoms with Crippen LogP contribution >= 0.6 is 0 Å². The average molecular weight is 1170 g/mol. The van der Waals surface area contributed by atoms with E-state index in [1.165, 1.54) is 15.8 Å². The Hall–Kier alpha value is -11.1. The summed E-state index contributed by atoms with van der Waals surface area (Å²) < 4.78 is 50.3. The highest BCUT2D eigenvalue weighted by Crippen LogP contribution is 2.50. The van der Waals surface area contributed by atoms with Gasteiger partial charge >= 0.3 is 0 Å². The van der Waals surface area contributed by atoms with Crippen molar-refractivity contribution in [3.8, 4) is 55.6 Å². The van der Waals surface area contributed by atoms with Gasteiger partial charge < -0.3 is 18.6 Å². The first kappa shape index (κ1) is 52.2. The fourth-order valence-corrected chi connectivity index (χ4v) is 17.2. The van der Waals surface area contributed by atoms with Crippen LogP contribution in [0, 0.1) is 11.6 Å². The van der Waals surface area contributed by atoms with Crippen LogP contribution in [-0.4, -0.2) is 8.07 Å². The lowest BCUT2D eigenvalue weighted by atomic mass is 9.91. The Balaban J connectivity index is 0.880. The van der Waals surface area contributed by atoms with Gasteiger partial charge in [0.05, 0.1) is 22.7 Å². The summed E-state index contributed by atoms with van der Waals surface area (Å²) in [6, 6.07) is 98.9. The van der Waals surface area contributed by atoms with E-state index in [2.05, 4.69) is 138 Å². The zero-order valence-corrected chi connectivity index (χ0v) is 49.7. The SMILES string of the molecule is C[Si]1(C)c2cc(N(c3cc(-c4ccccc4)cc(-c4ccccc4)c3F)c3cccc4c3oc3ccccc34)ccc2-c2cc3ccc(N(c4cc(-c5ccccc5)cc(-c5ccccc5)c4F)c4cccc5c4oc4ccccc45)cc3c3cccc1c23. The molecule has 1 aliphatic rings. The molecule has 4 nitrogen and oxygen atoms in total. The molecule has 89 heavy (non-hydrogen) atoms. The summed E-state index contributed by atoms with van der Waals surface area (Å²) in [5, 5.41) is 10.8. The molecule has 7 heteroatoms. The van der Waals surface area contributed by atoms with Crippen molar-refractivity contribution < 1.29 is 17.6 Å². The molecule has 0 N–H and O–H groups in total. The van der Waals surface area contributed by atoms with E-state index in [9.17, 15) is 0 Å². The Morgan fingerprint density at radius 1 is 0.292 bits per heavy atom. The van der Waals surface area contributed by atoms with Crippen LogP contribution in [0.2, 0.25) is 13.1 Å². The number of para-hydroxylation sites is 4. The molecular weight excluding hydrogens is 1110 g/mol. The second-order valence-corrected chi connectivity index (χ2v) is 28.1. The van der Waals surface area contributed by atoms with Crippen molar-refractivity contribution >= 4 is 118 Å². The van der Waals surface area contributed by atoms with Crippen LogP contribution in [0.15, 0.2) is 300 Å². The van der Waals surface area contributed by atoms with Crippen LogP contribution < -0.4 is 20.2 Å². The van der Waals surface area contributed by atoms with Crippen molar-refractivity contribution in [2.45, 2.75) is 13.1 Å². The number of nitrogens with zero attached hydrogens (tertiary/aromatic N) is 2. The molecule has 0 spiro atoms. The molecule has 0 saturated heterocycles. The summed E-state index contributed by atoms with van der Waals surface area (Å²) in [7, 11) is -2.64. The second-order valence-electron chi connectivity index (χ2n) is 23.8. The van der Waals surface area contributed by atoms with Crippen LogP contribution in [-0.2, 0) is 0 Å². The van der Waals surface area contributed by atoms with Gasteiger partial charge in [-0.1, -0.05) is 225 Å². The van der Waals surface area contributed by atoms with Crippen molar-refractivity contribution in [1.82, 2.24) is 0 Å². The van der Waals surface area contributed by atoms with Crippen molar-refractivity contribution in [3.63, 3.8) is 0 Å². The molecule has 0 amide bonds. The van der Waals surface area contributed by atoms with Gasteiger partial charge in [0, 0.05) is 44.0 Å². The molecule has 422 valence electrons. The molecule has 17 rings (SSSR count). The van der Waals surface area contributed by atoms with E-state index in [1.807, 2.05) is 176 Å². The van der Waals surface area contributed by atoms with Crippen molar-refractivity contribution in [2.24, 2.45) is 0 Å². The van der Waals surface area contributed by atoms with Gasteiger partial charge in [0.25, 0.3) is 0 Å². The van der Waals surface area contributed by atoms with Crippen LogP contribution in [0.1, 0.15) is 0 Å². The third-order valence-electron chi connectivity index (χ3n) is 18.3. The lowest BCUT2D eigenvalue weighted by Gasteiger charge is -2.36. The van der Waals surface area contributed by atoms with E-state index in [0.29, 0.717) is 33.7 Å². The predicted molar refractivity (Wildman–Crippen MR) is 369 cm³/mol. The van der Waals surface area contributed by atoms with Crippen LogP contribution in [0.3, 0.4) is 0 Å². The predicted octanol–water partition coefficient (Wildman–Crippen LogP) is 22.5. The highest BCUT2D eigenvalue weighted by Gasteiger charge is 2.38. The number of anilines is 6. The van der Waals surface area contributed by atoms with Gasteiger partial charge in [-0.05, 0) is 155 Å². The van der Waals surface area contributed by atoms with Gasteiger partial charge in [0.15, 0.2) is 22.8 Å². The van der Waals surface area contributed by atoms with Gasteiger partial charge in [-0.25, -0.2) is 8.78 Å². The summed E-state index contributed by atoms with van der Waals surface area (Å²) in [4.78, 5) is 4.14. The average Bonchev–Trinajstić information content (AvgIpc) is 1.30. The van der Waals surface area contributed by atoms with E-state index >= 15 is 8.78 Å². The number of hydrogen-bond donors (Lipinski definition) is 0. The normalized spacial score (nSPS) is 12.6. The molecule has 16 aromatic rings. The van der Waals surface area contributed by atoms with Gasteiger partial charge in [0.1, 0.15) is 19.2 Å². The minimum Gasteiger partial charge on any atom is -0.454 e.